The van der Waals surface area contributed by atoms with Crippen LogP contribution in [0.4, 0.5) is 0 Å². The highest BCUT2D eigenvalue weighted by atomic mass is 16.5. The van der Waals surface area contributed by atoms with Gasteiger partial charge in [0.15, 0.2) is 29.1 Å². The molecular weight excluding hydrogens is 320 g/mol. The Morgan fingerprint density at radius 1 is 1.08 bits per heavy atom. The lowest BCUT2D eigenvalue weighted by Gasteiger charge is -2.37. The third-order valence-electron chi connectivity index (χ3n) is 4.17. The molecule has 0 saturated heterocycles. The lowest BCUT2D eigenvalue weighted by molar-refractivity contribution is -0.136. The minimum absolute atomic E-state index is 0.00580. The molecule has 8 nitrogen and oxygen atoms in total. The van der Waals surface area contributed by atoms with Gasteiger partial charge in [-0.15, -0.1) is 0 Å². The summed E-state index contributed by atoms with van der Waals surface area (Å²) in [6, 6.07) is 1.16. The van der Waals surface area contributed by atoms with Gasteiger partial charge in [-0.1, -0.05) is 0 Å². The number of benzene rings is 1. The number of carbonyl (C=O) groups excluding carboxylic acids is 2. The van der Waals surface area contributed by atoms with E-state index >= 15 is 0 Å². The van der Waals surface area contributed by atoms with Gasteiger partial charge in [0.2, 0.25) is 11.5 Å². The first-order valence-electron chi connectivity index (χ1n) is 7.11. The Morgan fingerprint density at radius 3 is 2.38 bits per heavy atom. The molecule has 0 spiro atoms. The number of Topliss-reactive ketones (excluding diaryl/α,β-unsaturated/α-hetero) is 2. The summed E-state index contributed by atoms with van der Waals surface area (Å²) in [6.45, 7) is 0. The van der Waals surface area contributed by atoms with Crippen LogP contribution in [-0.4, -0.2) is 55.3 Å². The van der Waals surface area contributed by atoms with E-state index in [9.17, 15) is 19.8 Å². The Kier molecular flexibility index (Phi) is 3.84. The van der Waals surface area contributed by atoms with Gasteiger partial charge >= 0.3 is 0 Å². The van der Waals surface area contributed by atoms with Crippen LogP contribution in [0.5, 0.6) is 23.0 Å². The molecule has 0 aromatic heterocycles. The van der Waals surface area contributed by atoms with Gasteiger partial charge in [0.1, 0.15) is 17.4 Å². The van der Waals surface area contributed by atoms with Crippen molar-refractivity contribution in [3.8, 4) is 23.0 Å². The van der Waals surface area contributed by atoms with Crippen LogP contribution in [0.25, 0.3) is 0 Å². The van der Waals surface area contributed by atoms with Crippen LogP contribution in [0.1, 0.15) is 10.4 Å². The Labute approximate surface area is 137 Å². The van der Waals surface area contributed by atoms with Gasteiger partial charge in [0, 0.05) is 13.2 Å². The molecular formula is C16H16O8. The molecule has 1 aliphatic carbocycles. The molecule has 0 saturated carbocycles. The summed E-state index contributed by atoms with van der Waals surface area (Å²) in [4.78, 5) is 25.1. The highest BCUT2D eigenvalue weighted by Crippen LogP contribution is 2.48. The third-order valence-corrected chi connectivity index (χ3v) is 4.17. The van der Waals surface area contributed by atoms with E-state index in [0.29, 0.717) is 0 Å². The average molecular weight is 336 g/mol. The number of methoxy groups -OCH3 is 3. The maximum atomic E-state index is 12.8. The predicted octanol–water partition coefficient (Wildman–Crippen LogP) is 0.794. The molecule has 1 aromatic rings. The van der Waals surface area contributed by atoms with Crippen molar-refractivity contribution < 1.29 is 38.7 Å². The van der Waals surface area contributed by atoms with E-state index < -0.39 is 35.4 Å². The van der Waals surface area contributed by atoms with Crippen LogP contribution >= 0.6 is 0 Å². The zero-order chi connectivity index (χ0) is 17.6. The van der Waals surface area contributed by atoms with E-state index in [4.69, 9.17) is 18.9 Å². The summed E-state index contributed by atoms with van der Waals surface area (Å²) in [5, 5.41) is 20.1. The molecule has 0 amide bonds. The first-order valence-corrected chi connectivity index (χ1v) is 7.11. The Morgan fingerprint density at radius 2 is 1.79 bits per heavy atom. The lowest BCUT2D eigenvalue weighted by Crippen LogP contribution is -2.52. The van der Waals surface area contributed by atoms with Crippen molar-refractivity contribution in [1.82, 2.24) is 0 Å². The molecule has 24 heavy (non-hydrogen) atoms. The maximum absolute atomic E-state index is 12.8. The molecule has 8 heteroatoms. The van der Waals surface area contributed by atoms with Gasteiger partial charge in [-0.05, 0) is 6.08 Å². The number of ether oxygens (including phenoxy) is 4. The van der Waals surface area contributed by atoms with Crippen molar-refractivity contribution in [3.63, 3.8) is 0 Å². The van der Waals surface area contributed by atoms with Crippen LogP contribution in [0, 0.1) is 5.92 Å². The second-order valence-corrected chi connectivity index (χ2v) is 5.38. The summed E-state index contributed by atoms with van der Waals surface area (Å²) < 4.78 is 20.8. The largest absolute Gasteiger partial charge is 0.504 e. The predicted molar refractivity (Wildman–Crippen MR) is 79.5 cm³/mol. The van der Waals surface area contributed by atoms with Crippen LogP contribution < -0.4 is 9.47 Å². The number of fused-ring (bicyclic) bond motifs is 2. The average Bonchev–Trinajstić information content (AvgIpc) is 2.54. The first-order chi connectivity index (χ1) is 11.4. The van der Waals surface area contributed by atoms with Gasteiger partial charge in [0.05, 0.1) is 20.1 Å². The molecule has 0 fully saturated rings. The lowest BCUT2D eigenvalue weighted by atomic mass is 9.80. The normalized spacial score (nSPS) is 25.3. The van der Waals surface area contributed by atoms with Crippen molar-refractivity contribution in [3.05, 3.63) is 23.5 Å². The van der Waals surface area contributed by atoms with E-state index in [-0.39, 0.29) is 28.6 Å². The fraction of sp³-hybridized carbons (Fsp3) is 0.375. The molecule has 2 aliphatic rings. The molecule has 3 unspecified atom stereocenters. The summed E-state index contributed by atoms with van der Waals surface area (Å²) in [6.07, 6.45) is -0.612. The van der Waals surface area contributed by atoms with E-state index in [0.717, 1.165) is 6.07 Å². The SMILES string of the molecule is COC1=CC2C(=O)c3c(cc(O)c(OC)c3O)OC2C(OC)C1=O. The minimum Gasteiger partial charge on any atom is -0.504 e. The second-order valence-electron chi connectivity index (χ2n) is 5.38. The molecule has 1 aromatic carbocycles. The van der Waals surface area contributed by atoms with Crippen molar-refractivity contribution >= 4 is 11.6 Å². The Hall–Kier alpha value is -2.74. The van der Waals surface area contributed by atoms with E-state index in [1.807, 2.05) is 0 Å². The molecule has 3 atom stereocenters. The number of rotatable bonds is 3. The molecule has 0 bridgehead atoms. The van der Waals surface area contributed by atoms with Crippen LogP contribution in [-0.2, 0) is 14.3 Å². The molecule has 0 radical (unpaired) electrons. The van der Waals surface area contributed by atoms with Crippen LogP contribution in [0.2, 0.25) is 0 Å². The van der Waals surface area contributed by atoms with Crippen molar-refractivity contribution in [2.45, 2.75) is 12.2 Å². The number of carbonyl (C=O) groups is 2. The summed E-state index contributed by atoms with van der Waals surface area (Å²) in [5.41, 5.74) is -0.123. The smallest absolute Gasteiger partial charge is 0.229 e. The number of phenolic OH excluding ortho intramolecular Hbond substituents is 2. The van der Waals surface area contributed by atoms with Gasteiger partial charge in [0.25, 0.3) is 0 Å². The molecule has 1 heterocycles. The van der Waals surface area contributed by atoms with Crippen molar-refractivity contribution in [2.75, 3.05) is 21.3 Å². The number of phenols is 2. The summed E-state index contributed by atoms with van der Waals surface area (Å²) in [5.74, 6) is -2.99. The Bertz CT molecular complexity index is 751. The fourth-order valence-corrected chi connectivity index (χ4v) is 3.05. The number of aromatic hydroxyl groups is 2. The minimum atomic E-state index is -1.04. The maximum Gasteiger partial charge on any atom is 0.229 e. The molecule has 1 aliphatic heterocycles. The fourth-order valence-electron chi connectivity index (χ4n) is 3.05. The molecule has 3 rings (SSSR count). The topological polar surface area (TPSA) is 112 Å². The quantitative estimate of drug-likeness (QED) is 0.833. The third kappa shape index (κ3) is 2.10. The molecule has 128 valence electrons. The van der Waals surface area contributed by atoms with Gasteiger partial charge in [-0.25, -0.2) is 0 Å². The first kappa shape index (κ1) is 16.1. The second kappa shape index (κ2) is 5.72. The molecule has 2 N–H and O–H groups in total. The Balaban J connectivity index is 2.17. The standard InChI is InChI=1S/C16H16O8/c1-21-9-4-6-11(18)10-8(5-7(17)15(22-2)13(10)20)24-14(6)16(23-3)12(9)19/h4-6,14,16-17,20H,1-3H3. The highest BCUT2D eigenvalue weighted by Gasteiger charge is 2.49. The summed E-state index contributed by atoms with van der Waals surface area (Å²) in [7, 11) is 3.89. The number of ketones is 2. The zero-order valence-electron chi connectivity index (χ0n) is 13.2. The number of hydrogen-bond donors (Lipinski definition) is 2. The van der Waals surface area contributed by atoms with Gasteiger partial charge in [-0.3, -0.25) is 9.59 Å². The zero-order valence-corrected chi connectivity index (χ0v) is 13.2. The van der Waals surface area contributed by atoms with E-state index in [2.05, 4.69) is 0 Å². The van der Waals surface area contributed by atoms with Crippen molar-refractivity contribution in [2.24, 2.45) is 5.92 Å². The van der Waals surface area contributed by atoms with Crippen LogP contribution in [0.15, 0.2) is 17.9 Å². The van der Waals surface area contributed by atoms with Gasteiger partial charge < -0.3 is 29.2 Å². The summed E-state index contributed by atoms with van der Waals surface area (Å²) >= 11 is 0. The van der Waals surface area contributed by atoms with Crippen LogP contribution in [0.3, 0.4) is 0 Å². The van der Waals surface area contributed by atoms with E-state index in [1.165, 1.54) is 27.4 Å². The highest BCUT2D eigenvalue weighted by molar-refractivity contribution is 6.09. The van der Waals surface area contributed by atoms with Crippen molar-refractivity contribution in [1.29, 1.82) is 0 Å². The monoisotopic (exact) mass is 336 g/mol. The van der Waals surface area contributed by atoms with Gasteiger partial charge in [-0.2, -0.15) is 0 Å². The van der Waals surface area contributed by atoms with E-state index in [1.54, 1.807) is 0 Å². The number of hydrogen-bond acceptors (Lipinski definition) is 8.